The van der Waals surface area contributed by atoms with E-state index in [1.54, 1.807) is 12.5 Å². The van der Waals surface area contributed by atoms with Gasteiger partial charge in [-0.2, -0.15) is 4.98 Å². The average molecular weight is 355 g/mol. The van der Waals surface area contributed by atoms with Gasteiger partial charge in [0.2, 0.25) is 5.95 Å². The Morgan fingerprint density at radius 2 is 1.96 bits per heavy atom. The van der Waals surface area contributed by atoms with Crippen molar-refractivity contribution in [2.45, 2.75) is 6.42 Å². The fourth-order valence-electron chi connectivity index (χ4n) is 3.24. The molecule has 0 unspecified atom stereocenters. The monoisotopic (exact) mass is 355 g/mol. The average Bonchev–Trinajstić information content (AvgIpc) is 3.33. The molecule has 0 radical (unpaired) electrons. The number of hydrogen-bond acceptors (Lipinski definition) is 5. The third-order valence-electron chi connectivity index (χ3n) is 4.62. The van der Waals surface area contributed by atoms with Gasteiger partial charge >= 0.3 is 0 Å². The van der Waals surface area contributed by atoms with Gasteiger partial charge in [0.1, 0.15) is 5.82 Å². The first-order valence-corrected chi connectivity index (χ1v) is 8.63. The van der Waals surface area contributed by atoms with Crippen molar-refractivity contribution in [3.05, 3.63) is 72.3 Å². The van der Waals surface area contributed by atoms with Gasteiger partial charge in [0.05, 0.1) is 23.0 Å². The van der Waals surface area contributed by atoms with Crippen LogP contribution in [0.4, 0.5) is 17.5 Å². The number of hydrogen-bond donors (Lipinski definition) is 4. The van der Waals surface area contributed by atoms with E-state index >= 15 is 0 Å². The zero-order valence-electron chi connectivity index (χ0n) is 14.4. The lowest BCUT2D eigenvalue weighted by Gasteiger charge is -2.09. The number of nitrogen functional groups attached to an aromatic ring is 1. The highest BCUT2D eigenvalue weighted by Crippen LogP contribution is 2.25. The number of aromatic amines is 2. The van der Waals surface area contributed by atoms with Crippen LogP contribution in [0.5, 0.6) is 0 Å². The molecule has 0 amide bonds. The molecule has 132 valence electrons. The summed E-state index contributed by atoms with van der Waals surface area (Å²) in [6.07, 6.45) is 6.03. The Morgan fingerprint density at radius 1 is 1.00 bits per heavy atom. The van der Waals surface area contributed by atoms with Gasteiger partial charge in [0, 0.05) is 35.3 Å². The van der Waals surface area contributed by atoms with Crippen LogP contribution < -0.4 is 11.1 Å². The molecule has 0 bridgehead atoms. The van der Waals surface area contributed by atoms with E-state index in [0.717, 1.165) is 38.8 Å². The maximum absolute atomic E-state index is 6.19. The van der Waals surface area contributed by atoms with Crippen molar-refractivity contribution in [2.75, 3.05) is 11.1 Å². The van der Waals surface area contributed by atoms with Crippen molar-refractivity contribution in [1.29, 1.82) is 0 Å². The maximum Gasteiger partial charge on any atom is 0.229 e. The topological polar surface area (TPSA) is 108 Å². The molecule has 0 fully saturated rings. The quantitative estimate of drug-likeness (QED) is 0.393. The summed E-state index contributed by atoms with van der Waals surface area (Å²) in [6.45, 7) is 0. The number of imidazole rings is 1. The molecular weight excluding hydrogens is 338 g/mol. The van der Waals surface area contributed by atoms with Crippen molar-refractivity contribution in [1.82, 2.24) is 24.9 Å². The molecule has 0 aliphatic carbocycles. The number of aromatic nitrogens is 5. The number of nitrogens with one attached hydrogen (secondary N) is 3. The molecule has 0 saturated heterocycles. The molecule has 7 heteroatoms. The van der Waals surface area contributed by atoms with Gasteiger partial charge in [0.15, 0.2) is 0 Å². The second-order valence-corrected chi connectivity index (χ2v) is 6.40. The minimum Gasteiger partial charge on any atom is -0.383 e. The smallest absolute Gasteiger partial charge is 0.229 e. The van der Waals surface area contributed by atoms with Crippen molar-refractivity contribution in [3.63, 3.8) is 0 Å². The number of nitrogens with zero attached hydrogens (tertiary/aromatic N) is 3. The molecule has 0 aliphatic rings. The maximum atomic E-state index is 6.19. The number of rotatable bonds is 4. The van der Waals surface area contributed by atoms with E-state index in [2.05, 4.69) is 36.3 Å². The lowest BCUT2D eigenvalue weighted by Crippen LogP contribution is -2.04. The Kier molecular flexibility index (Phi) is 3.50. The van der Waals surface area contributed by atoms with Crippen molar-refractivity contribution >= 4 is 39.4 Å². The zero-order chi connectivity index (χ0) is 18.2. The molecule has 0 aliphatic heterocycles. The lowest BCUT2D eigenvalue weighted by atomic mass is 10.1. The minimum absolute atomic E-state index is 0.468. The molecular formula is C20H17N7. The second-order valence-electron chi connectivity index (χ2n) is 6.40. The van der Waals surface area contributed by atoms with Crippen LogP contribution in [0, 0.1) is 0 Å². The first kappa shape index (κ1) is 15.4. The van der Waals surface area contributed by atoms with E-state index in [0.29, 0.717) is 18.2 Å². The molecule has 7 nitrogen and oxygen atoms in total. The summed E-state index contributed by atoms with van der Waals surface area (Å²) < 4.78 is 0. The van der Waals surface area contributed by atoms with Gasteiger partial charge < -0.3 is 21.0 Å². The molecule has 5 N–H and O–H groups in total. The Bertz CT molecular complexity index is 1250. The Balaban J connectivity index is 1.40. The largest absolute Gasteiger partial charge is 0.383 e. The highest BCUT2D eigenvalue weighted by Gasteiger charge is 2.08. The van der Waals surface area contributed by atoms with Gasteiger partial charge in [0.25, 0.3) is 0 Å². The van der Waals surface area contributed by atoms with E-state index in [9.17, 15) is 0 Å². The first-order chi connectivity index (χ1) is 13.3. The van der Waals surface area contributed by atoms with Gasteiger partial charge in [-0.1, -0.05) is 12.1 Å². The van der Waals surface area contributed by atoms with Crippen LogP contribution in [-0.4, -0.2) is 24.9 Å². The molecule has 2 aromatic carbocycles. The summed E-state index contributed by atoms with van der Waals surface area (Å²) in [5.41, 5.74) is 12.1. The van der Waals surface area contributed by atoms with Crippen molar-refractivity contribution < 1.29 is 0 Å². The molecule has 0 spiro atoms. The van der Waals surface area contributed by atoms with Crippen LogP contribution in [0.1, 0.15) is 11.1 Å². The van der Waals surface area contributed by atoms with Gasteiger partial charge in [-0.05, 0) is 35.9 Å². The fraction of sp³-hybridized carbons (Fsp3) is 0.0500. The van der Waals surface area contributed by atoms with E-state index in [1.807, 2.05) is 42.6 Å². The highest BCUT2D eigenvalue weighted by molar-refractivity contribution is 5.93. The van der Waals surface area contributed by atoms with Gasteiger partial charge in [-0.15, -0.1) is 0 Å². The molecule has 5 aromatic rings. The Morgan fingerprint density at radius 3 is 2.89 bits per heavy atom. The summed E-state index contributed by atoms with van der Waals surface area (Å²) in [4.78, 5) is 19.4. The Hall–Kier alpha value is -3.87. The molecule has 27 heavy (non-hydrogen) atoms. The normalized spacial score (nSPS) is 11.3. The fourth-order valence-corrected chi connectivity index (χ4v) is 3.24. The molecule has 3 aromatic heterocycles. The molecule has 0 saturated carbocycles. The molecule has 5 rings (SSSR count). The standard InChI is InChI=1S/C20H17N7/c21-19-13(8-12-4-5-17-18(9-12)25-11-24-17)10-23-20(27-19)26-16-3-1-2-15-14(16)6-7-22-15/h1-7,9-11,22H,8H2,(H,24,25)(H3,21,23,26,27). The second kappa shape index (κ2) is 6.14. The number of benzene rings is 2. The summed E-state index contributed by atoms with van der Waals surface area (Å²) in [7, 11) is 0. The SMILES string of the molecule is Nc1nc(Nc2cccc3[nH]ccc23)ncc1Cc1ccc2[nH]cnc2c1. The van der Waals surface area contributed by atoms with Crippen LogP contribution in [0.25, 0.3) is 21.9 Å². The first-order valence-electron chi connectivity index (χ1n) is 8.63. The lowest BCUT2D eigenvalue weighted by molar-refractivity contribution is 1.09. The molecule has 3 heterocycles. The summed E-state index contributed by atoms with van der Waals surface area (Å²) in [5.74, 6) is 0.948. The van der Waals surface area contributed by atoms with Crippen molar-refractivity contribution in [2.24, 2.45) is 0 Å². The third-order valence-corrected chi connectivity index (χ3v) is 4.62. The number of H-pyrrole nitrogens is 2. The minimum atomic E-state index is 0.468. The Labute approximate surface area is 154 Å². The molecule has 0 atom stereocenters. The number of anilines is 3. The van der Waals surface area contributed by atoms with Crippen LogP contribution in [0.2, 0.25) is 0 Å². The van der Waals surface area contributed by atoms with Crippen LogP contribution in [0.3, 0.4) is 0 Å². The highest BCUT2D eigenvalue weighted by atomic mass is 15.1. The summed E-state index contributed by atoms with van der Waals surface area (Å²) >= 11 is 0. The van der Waals surface area contributed by atoms with E-state index in [4.69, 9.17) is 5.73 Å². The summed E-state index contributed by atoms with van der Waals surface area (Å²) in [5, 5.41) is 4.33. The number of nitrogens with two attached hydrogens (primary N) is 1. The van der Waals surface area contributed by atoms with E-state index in [1.165, 1.54) is 0 Å². The van der Waals surface area contributed by atoms with Gasteiger partial charge in [-0.25, -0.2) is 9.97 Å². The van der Waals surface area contributed by atoms with Crippen LogP contribution in [0.15, 0.2) is 61.2 Å². The van der Waals surface area contributed by atoms with Crippen LogP contribution in [-0.2, 0) is 6.42 Å². The van der Waals surface area contributed by atoms with E-state index in [-0.39, 0.29) is 0 Å². The summed E-state index contributed by atoms with van der Waals surface area (Å²) in [6, 6.07) is 14.1. The van der Waals surface area contributed by atoms with Crippen LogP contribution >= 0.6 is 0 Å². The van der Waals surface area contributed by atoms with E-state index < -0.39 is 0 Å². The van der Waals surface area contributed by atoms with Gasteiger partial charge in [-0.3, -0.25) is 0 Å². The van der Waals surface area contributed by atoms with Crippen molar-refractivity contribution in [3.8, 4) is 0 Å². The third kappa shape index (κ3) is 2.85. The predicted octanol–water partition coefficient (Wildman–Crippen LogP) is 3.75. The predicted molar refractivity (Wildman–Crippen MR) is 107 cm³/mol. The zero-order valence-corrected chi connectivity index (χ0v) is 14.4. The number of fused-ring (bicyclic) bond motifs is 2.